The summed E-state index contributed by atoms with van der Waals surface area (Å²) >= 11 is 1.71. The van der Waals surface area contributed by atoms with Crippen molar-refractivity contribution in [1.82, 2.24) is 5.32 Å². The maximum atomic E-state index is 12.6. The first-order valence-electron chi connectivity index (χ1n) is 7.47. The molecule has 2 aliphatic rings. The smallest absolute Gasteiger partial charge is 0.236 e. The highest BCUT2D eigenvalue weighted by atomic mass is 32.2. The summed E-state index contributed by atoms with van der Waals surface area (Å²) in [4.78, 5) is 12.6. The van der Waals surface area contributed by atoms with Crippen LogP contribution in [-0.4, -0.2) is 33.0 Å². The Morgan fingerprint density at radius 3 is 2.35 bits per heavy atom. The molecular formula is C14H25N3O2S. The van der Waals surface area contributed by atoms with Crippen molar-refractivity contribution in [3.05, 3.63) is 0 Å². The fraction of sp³-hybridized carbons (Fsp3) is 0.857. The standard InChI is InChI=1S/C14H25N3O2S/c1-13(7-6-10-20-13)12(18)16-14(11(15)17-19)8-4-2-3-5-9-14/h19H,2-10H2,1H3,(H2,15,17)(H,16,18). The summed E-state index contributed by atoms with van der Waals surface area (Å²) in [7, 11) is 0. The van der Waals surface area contributed by atoms with Gasteiger partial charge in [0.05, 0.1) is 4.75 Å². The zero-order valence-corrected chi connectivity index (χ0v) is 13.0. The second-order valence-electron chi connectivity index (χ2n) is 6.12. The van der Waals surface area contributed by atoms with Crippen LogP contribution in [0.25, 0.3) is 0 Å². The number of amidine groups is 1. The van der Waals surface area contributed by atoms with Gasteiger partial charge in [0, 0.05) is 0 Å². The van der Waals surface area contributed by atoms with E-state index in [4.69, 9.17) is 10.9 Å². The molecule has 20 heavy (non-hydrogen) atoms. The summed E-state index contributed by atoms with van der Waals surface area (Å²) < 4.78 is -0.366. The second kappa shape index (κ2) is 6.24. The molecule has 1 aliphatic carbocycles. The molecule has 0 radical (unpaired) electrons. The van der Waals surface area contributed by atoms with Gasteiger partial charge in [-0.15, -0.1) is 11.8 Å². The Balaban J connectivity index is 2.17. The van der Waals surface area contributed by atoms with Crippen LogP contribution in [0.15, 0.2) is 5.16 Å². The van der Waals surface area contributed by atoms with E-state index in [1.165, 1.54) is 0 Å². The van der Waals surface area contributed by atoms with Crippen molar-refractivity contribution in [2.24, 2.45) is 10.9 Å². The van der Waals surface area contributed by atoms with Crippen LogP contribution in [0.3, 0.4) is 0 Å². The van der Waals surface area contributed by atoms with Gasteiger partial charge in [0.2, 0.25) is 5.91 Å². The SMILES string of the molecule is CC1(C(=O)NC2(C(N)=NO)CCCCCC2)CCCS1. The Hall–Kier alpha value is -0.910. The quantitative estimate of drug-likeness (QED) is 0.245. The van der Waals surface area contributed by atoms with Gasteiger partial charge in [0.25, 0.3) is 0 Å². The maximum Gasteiger partial charge on any atom is 0.236 e. The van der Waals surface area contributed by atoms with E-state index in [-0.39, 0.29) is 16.5 Å². The lowest BCUT2D eigenvalue weighted by molar-refractivity contribution is -0.124. The molecule has 2 rings (SSSR count). The number of amides is 1. The van der Waals surface area contributed by atoms with Crippen molar-refractivity contribution in [2.75, 3.05) is 5.75 Å². The lowest BCUT2D eigenvalue weighted by Crippen LogP contribution is -2.60. The Morgan fingerprint density at radius 1 is 1.20 bits per heavy atom. The van der Waals surface area contributed by atoms with E-state index in [9.17, 15) is 4.79 Å². The van der Waals surface area contributed by atoms with Gasteiger partial charge in [0.15, 0.2) is 5.84 Å². The molecule has 0 spiro atoms. The number of carbonyl (C=O) groups excluding carboxylic acids is 1. The van der Waals surface area contributed by atoms with Gasteiger partial charge >= 0.3 is 0 Å². The number of nitrogens with one attached hydrogen (secondary N) is 1. The first kappa shape index (κ1) is 15.5. The Morgan fingerprint density at radius 2 is 1.85 bits per heavy atom. The first-order valence-corrected chi connectivity index (χ1v) is 8.46. The van der Waals surface area contributed by atoms with Crippen LogP contribution in [0.1, 0.15) is 58.3 Å². The van der Waals surface area contributed by atoms with Crippen LogP contribution in [0.5, 0.6) is 0 Å². The van der Waals surface area contributed by atoms with Crippen molar-refractivity contribution < 1.29 is 10.0 Å². The monoisotopic (exact) mass is 299 g/mol. The van der Waals surface area contributed by atoms with E-state index < -0.39 is 5.54 Å². The van der Waals surface area contributed by atoms with E-state index in [1.54, 1.807) is 11.8 Å². The minimum Gasteiger partial charge on any atom is -0.409 e. The molecule has 4 N–H and O–H groups in total. The van der Waals surface area contributed by atoms with Crippen molar-refractivity contribution >= 4 is 23.5 Å². The van der Waals surface area contributed by atoms with Gasteiger partial charge in [-0.3, -0.25) is 4.79 Å². The van der Waals surface area contributed by atoms with Gasteiger partial charge in [0.1, 0.15) is 5.54 Å². The summed E-state index contributed by atoms with van der Waals surface area (Å²) in [6, 6.07) is 0. The summed E-state index contributed by atoms with van der Waals surface area (Å²) in [5.41, 5.74) is 5.26. The van der Waals surface area contributed by atoms with Crippen LogP contribution in [0.2, 0.25) is 0 Å². The lowest BCUT2D eigenvalue weighted by Gasteiger charge is -2.35. The number of hydrogen-bond acceptors (Lipinski definition) is 4. The molecule has 1 aliphatic heterocycles. The van der Waals surface area contributed by atoms with E-state index in [0.717, 1.165) is 57.1 Å². The summed E-state index contributed by atoms with van der Waals surface area (Å²) in [6.07, 6.45) is 7.77. The van der Waals surface area contributed by atoms with E-state index in [2.05, 4.69) is 10.5 Å². The number of nitrogens with two attached hydrogens (primary N) is 1. The minimum atomic E-state index is -0.658. The Kier molecular flexibility index (Phi) is 4.83. The zero-order valence-electron chi connectivity index (χ0n) is 12.2. The predicted molar refractivity (Wildman–Crippen MR) is 82.1 cm³/mol. The zero-order chi connectivity index (χ0) is 14.6. The van der Waals surface area contributed by atoms with Crippen molar-refractivity contribution in [3.63, 3.8) is 0 Å². The van der Waals surface area contributed by atoms with Crippen LogP contribution >= 0.6 is 11.8 Å². The number of hydrogen-bond donors (Lipinski definition) is 3. The molecule has 1 saturated carbocycles. The van der Waals surface area contributed by atoms with E-state index in [1.807, 2.05) is 6.92 Å². The predicted octanol–water partition coefficient (Wildman–Crippen LogP) is 2.23. The molecule has 0 bridgehead atoms. The third-order valence-electron chi connectivity index (χ3n) is 4.61. The second-order valence-corrected chi connectivity index (χ2v) is 7.72. The molecule has 0 aromatic carbocycles. The van der Waals surface area contributed by atoms with Crippen molar-refractivity contribution in [1.29, 1.82) is 0 Å². The van der Waals surface area contributed by atoms with Gasteiger partial charge < -0.3 is 16.3 Å². The molecule has 1 unspecified atom stereocenters. The van der Waals surface area contributed by atoms with Gasteiger partial charge in [-0.05, 0) is 38.4 Å². The molecule has 114 valence electrons. The molecular weight excluding hydrogens is 274 g/mol. The minimum absolute atomic E-state index is 0.0356. The Bertz CT molecular complexity index is 384. The number of thioether (sulfide) groups is 1. The largest absolute Gasteiger partial charge is 0.409 e. The molecule has 0 aromatic heterocycles. The highest BCUT2D eigenvalue weighted by molar-refractivity contribution is 8.01. The Labute approximate surface area is 124 Å². The van der Waals surface area contributed by atoms with Gasteiger partial charge in [-0.25, -0.2) is 0 Å². The topological polar surface area (TPSA) is 87.7 Å². The molecule has 1 saturated heterocycles. The number of oxime groups is 1. The molecule has 2 fully saturated rings. The highest BCUT2D eigenvalue weighted by Crippen LogP contribution is 2.39. The average Bonchev–Trinajstić information content (AvgIpc) is 2.75. The van der Waals surface area contributed by atoms with Gasteiger partial charge in [-0.1, -0.05) is 30.8 Å². The van der Waals surface area contributed by atoms with Crippen LogP contribution in [0.4, 0.5) is 0 Å². The average molecular weight is 299 g/mol. The third kappa shape index (κ3) is 3.05. The third-order valence-corrected chi connectivity index (χ3v) is 6.13. The molecule has 1 heterocycles. The molecule has 1 atom stereocenters. The molecule has 1 amide bonds. The fourth-order valence-electron chi connectivity index (χ4n) is 3.18. The van der Waals surface area contributed by atoms with E-state index in [0.29, 0.717) is 0 Å². The molecule has 6 heteroatoms. The first-order chi connectivity index (χ1) is 9.52. The summed E-state index contributed by atoms with van der Waals surface area (Å²) in [5.74, 6) is 1.22. The number of rotatable bonds is 3. The van der Waals surface area contributed by atoms with Crippen LogP contribution < -0.4 is 11.1 Å². The molecule has 5 nitrogen and oxygen atoms in total. The maximum absolute atomic E-state index is 12.6. The summed E-state index contributed by atoms with van der Waals surface area (Å²) in [6.45, 7) is 2.00. The highest BCUT2D eigenvalue weighted by Gasteiger charge is 2.44. The van der Waals surface area contributed by atoms with Crippen LogP contribution in [0, 0.1) is 0 Å². The number of nitrogens with zero attached hydrogens (tertiary/aromatic N) is 1. The normalized spacial score (nSPS) is 30.8. The van der Waals surface area contributed by atoms with Gasteiger partial charge in [-0.2, -0.15) is 0 Å². The molecule has 0 aromatic rings. The van der Waals surface area contributed by atoms with Crippen molar-refractivity contribution in [2.45, 2.75) is 68.6 Å². The van der Waals surface area contributed by atoms with E-state index >= 15 is 0 Å². The summed E-state index contributed by atoms with van der Waals surface area (Å²) in [5, 5.41) is 15.4. The van der Waals surface area contributed by atoms with Crippen molar-refractivity contribution in [3.8, 4) is 0 Å². The fourth-order valence-corrected chi connectivity index (χ4v) is 4.39. The lowest BCUT2D eigenvalue weighted by atomic mass is 9.87. The number of carbonyl (C=O) groups is 1. The van der Waals surface area contributed by atoms with Crippen LogP contribution in [-0.2, 0) is 4.79 Å².